The number of hydrogen-bond acceptors (Lipinski definition) is 2. The molecule has 12 aromatic rings. The molecule has 0 bridgehead atoms. The van der Waals surface area contributed by atoms with E-state index in [-0.39, 0.29) is 0 Å². The highest BCUT2D eigenvalue weighted by Crippen LogP contribution is 2.46. The molecule has 0 saturated carbocycles. The predicted octanol–water partition coefficient (Wildman–Crippen LogP) is 16.7. The molecule has 0 unspecified atom stereocenters. The molecule has 0 atom stereocenters. The van der Waals surface area contributed by atoms with Crippen LogP contribution in [-0.4, -0.2) is 0 Å². The summed E-state index contributed by atoms with van der Waals surface area (Å²) < 4.78 is 6.39. The Kier molecular flexibility index (Phi) is 7.89. The molecule has 0 saturated heterocycles. The standard InChI is InChI=1S/C58H37NO/c1-2-12-38(13-3-1)40-24-26-41(27-25-40)42-28-31-45(32-29-42)59(47-33-30-39-14-4-5-15-43(39)36-47)46-17-10-16-44(37-46)48-21-11-22-50-52-34-35-55-58(53-20-8-9-23-54(53)60-55)57(52)51-19-7-6-18-49(51)56(48)50/h1-37H. The number of furan rings is 1. The van der Waals surface area contributed by atoms with Crippen molar-refractivity contribution < 1.29 is 4.42 Å². The third-order valence-corrected chi connectivity index (χ3v) is 12.2. The molecule has 1 heterocycles. The number of fused-ring (bicyclic) bond motifs is 11. The summed E-state index contributed by atoms with van der Waals surface area (Å²) in [6, 6.07) is 81.2. The van der Waals surface area contributed by atoms with Crippen LogP contribution in [0.1, 0.15) is 0 Å². The van der Waals surface area contributed by atoms with E-state index in [1.165, 1.54) is 81.9 Å². The Balaban J connectivity index is 1.01. The molecule has 0 aliphatic rings. The van der Waals surface area contributed by atoms with Gasteiger partial charge >= 0.3 is 0 Å². The molecule has 2 heteroatoms. The lowest BCUT2D eigenvalue weighted by molar-refractivity contribution is 0.669. The van der Waals surface area contributed by atoms with Gasteiger partial charge in [-0.25, -0.2) is 0 Å². The average molecular weight is 764 g/mol. The van der Waals surface area contributed by atoms with Gasteiger partial charge in [0.1, 0.15) is 11.2 Å². The third-order valence-electron chi connectivity index (χ3n) is 12.2. The van der Waals surface area contributed by atoms with E-state index in [1.54, 1.807) is 0 Å². The second-order valence-electron chi connectivity index (χ2n) is 15.6. The van der Waals surface area contributed by atoms with Crippen molar-refractivity contribution in [3.05, 3.63) is 224 Å². The van der Waals surface area contributed by atoms with E-state index >= 15 is 0 Å². The quantitative estimate of drug-likeness (QED) is 0.157. The van der Waals surface area contributed by atoms with Gasteiger partial charge in [0, 0.05) is 33.2 Å². The van der Waals surface area contributed by atoms with Crippen LogP contribution < -0.4 is 4.90 Å². The lowest BCUT2D eigenvalue weighted by Crippen LogP contribution is -2.10. The van der Waals surface area contributed by atoms with Crippen LogP contribution in [-0.2, 0) is 0 Å². The monoisotopic (exact) mass is 763 g/mol. The maximum atomic E-state index is 6.39. The molecule has 0 radical (unpaired) electrons. The Bertz CT molecular complexity index is 3550. The van der Waals surface area contributed by atoms with Crippen LogP contribution in [0.25, 0.3) is 98.4 Å². The van der Waals surface area contributed by atoms with Gasteiger partial charge in [0.25, 0.3) is 0 Å². The molecule has 60 heavy (non-hydrogen) atoms. The van der Waals surface area contributed by atoms with Crippen molar-refractivity contribution in [2.45, 2.75) is 0 Å². The minimum atomic E-state index is 0.915. The normalized spacial score (nSPS) is 11.7. The zero-order valence-corrected chi connectivity index (χ0v) is 32.7. The fraction of sp³-hybridized carbons (Fsp3) is 0. The Morgan fingerprint density at radius 2 is 0.800 bits per heavy atom. The lowest BCUT2D eigenvalue weighted by atomic mass is 9.88. The van der Waals surface area contributed by atoms with E-state index in [4.69, 9.17) is 4.42 Å². The second kappa shape index (κ2) is 13.9. The maximum absolute atomic E-state index is 6.39. The number of para-hydroxylation sites is 1. The zero-order chi connectivity index (χ0) is 39.6. The summed E-state index contributed by atoms with van der Waals surface area (Å²) in [5.74, 6) is 0. The first-order valence-electron chi connectivity index (χ1n) is 20.6. The van der Waals surface area contributed by atoms with E-state index in [1.807, 2.05) is 6.07 Å². The van der Waals surface area contributed by atoms with Gasteiger partial charge in [0.05, 0.1) is 0 Å². The second-order valence-corrected chi connectivity index (χ2v) is 15.6. The van der Waals surface area contributed by atoms with Crippen molar-refractivity contribution in [3.63, 3.8) is 0 Å². The van der Waals surface area contributed by atoms with Gasteiger partial charge in [0.2, 0.25) is 0 Å². The van der Waals surface area contributed by atoms with Gasteiger partial charge in [-0.05, 0) is 126 Å². The molecule has 12 rings (SSSR count). The lowest BCUT2D eigenvalue weighted by Gasteiger charge is -2.27. The van der Waals surface area contributed by atoms with Gasteiger partial charge < -0.3 is 9.32 Å². The van der Waals surface area contributed by atoms with Crippen LogP contribution in [0.2, 0.25) is 0 Å². The predicted molar refractivity (Wildman–Crippen MR) is 255 cm³/mol. The fourth-order valence-electron chi connectivity index (χ4n) is 9.41. The molecule has 0 fully saturated rings. The summed E-state index contributed by atoms with van der Waals surface area (Å²) in [6.45, 7) is 0. The highest BCUT2D eigenvalue weighted by molar-refractivity contribution is 6.36. The van der Waals surface area contributed by atoms with E-state index in [2.05, 4.69) is 223 Å². The van der Waals surface area contributed by atoms with Crippen molar-refractivity contribution in [3.8, 4) is 33.4 Å². The number of hydrogen-bond donors (Lipinski definition) is 0. The Labute approximate surface area is 347 Å². The largest absolute Gasteiger partial charge is 0.456 e. The smallest absolute Gasteiger partial charge is 0.136 e. The van der Waals surface area contributed by atoms with E-state index in [0.29, 0.717) is 0 Å². The summed E-state index contributed by atoms with van der Waals surface area (Å²) in [7, 11) is 0. The molecular formula is C58H37NO. The number of nitrogens with zero attached hydrogens (tertiary/aromatic N) is 1. The van der Waals surface area contributed by atoms with Gasteiger partial charge in [-0.1, -0.05) is 170 Å². The number of rotatable bonds is 6. The number of anilines is 3. The first-order valence-corrected chi connectivity index (χ1v) is 20.6. The summed E-state index contributed by atoms with van der Waals surface area (Å²) >= 11 is 0. The zero-order valence-electron chi connectivity index (χ0n) is 32.7. The van der Waals surface area contributed by atoms with Gasteiger partial charge in [-0.3, -0.25) is 0 Å². The van der Waals surface area contributed by atoms with Crippen LogP contribution in [0.5, 0.6) is 0 Å². The Hall–Kier alpha value is -7.94. The molecule has 1 aromatic heterocycles. The van der Waals surface area contributed by atoms with Crippen LogP contribution in [0.15, 0.2) is 229 Å². The Morgan fingerprint density at radius 1 is 0.267 bits per heavy atom. The van der Waals surface area contributed by atoms with E-state index < -0.39 is 0 Å². The molecule has 0 amide bonds. The topological polar surface area (TPSA) is 16.4 Å². The van der Waals surface area contributed by atoms with Crippen LogP contribution >= 0.6 is 0 Å². The summed E-state index contributed by atoms with van der Waals surface area (Å²) in [5.41, 5.74) is 12.3. The van der Waals surface area contributed by atoms with Crippen molar-refractivity contribution >= 4 is 82.1 Å². The third kappa shape index (κ3) is 5.57. The van der Waals surface area contributed by atoms with Crippen molar-refractivity contribution in [2.24, 2.45) is 0 Å². The van der Waals surface area contributed by atoms with E-state index in [9.17, 15) is 0 Å². The van der Waals surface area contributed by atoms with Gasteiger partial charge in [0.15, 0.2) is 0 Å². The van der Waals surface area contributed by atoms with Gasteiger partial charge in [-0.2, -0.15) is 0 Å². The minimum absolute atomic E-state index is 0.915. The molecule has 0 spiro atoms. The molecular weight excluding hydrogens is 727 g/mol. The first kappa shape index (κ1) is 34.1. The maximum Gasteiger partial charge on any atom is 0.136 e. The van der Waals surface area contributed by atoms with Crippen LogP contribution in [0, 0.1) is 0 Å². The number of benzene rings is 11. The van der Waals surface area contributed by atoms with Crippen LogP contribution in [0.4, 0.5) is 17.1 Å². The van der Waals surface area contributed by atoms with Crippen molar-refractivity contribution in [1.29, 1.82) is 0 Å². The van der Waals surface area contributed by atoms with Crippen molar-refractivity contribution in [2.75, 3.05) is 4.90 Å². The fourth-order valence-corrected chi connectivity index (χ4v) is 9.41. The average Bonchev–Trinajstić information content (AvgIpc) is 3.71. The SMILES string of the molecule is c1ccc(-c2ccc(-c3ccc(N(c4cccc(-c5cccc6c7ccc8oc9ccccc9c8c7c7ccccc7c56)c4)c4ccc5ccccc5c4)cc3)cc2)cc1. The molecule has 2 nitrogen and oxygen atoms in total. The van der Waals surface area contributed by atoms with Crippen LogP contribution in [0.3, 0.4) is 0 Å². The Morgan fingerprint density at radius 3 is 1.57 bits per heavy atom. The summed E-state index contributed by atoms with van der Waals surface area (Å²) in [5, 5.41) is 12.2. The highest BCUT2D eigenvalue weighted by atomic mass is 16.3. The molecule has 11 aromatic carbocycles. The minimum Gasteiger partial charge on any atom is -0.456 e. The molecule has 0 N–H and O–H groups in total. The molecule has 280 valence electrons. The summed E-state index contributed by atoms with van der Waals surface area (Å²) in [6.07, 6.45) is 0. The molecule has 0 aliphatic heterocycles. The van der Waals surface area contributed by atoms with Gasteiger partial charge in [-0.15, -0.1) is 0 Å². The highest BCUT2D eigenvalue weighted by Gasteiger charge is 2.19. The molecule has 0 aliphatic carbocycles. The van der Waals surface area contributed by atoms with E-state index in [0.717, 1.165) is 33.6 Å². The first-order chi connectivity index (χ1) is 29.7. The summed E-state index contributed by atoms with van der Waals surface area (Å²) in [4.78, 5) is 2.39. The van der Waals surface area contributed by atoms with Crippen molar-refractivity contribution in [1.82, 2.24) is 0 Å².